The maximum absolute atomic E-state index is 12.0. The van der Waals surface area contributed by atoms with E-state index >= 15 is 0 Å². The summed E-state index contributed by atoms with van der Waals surface area (Å²) in [6.45, 7) is 5.68. The molecule has 1 amide bonds. The van der Waals surface area contributed by atoms with Crippen LogP contribution in [0.2, 0.25) is 0 Å². The Hall–Kier alpha value is -1.86. The number of nitrogens with two attached hydrogens (primary N) is 1. The van der Waals surface area contributed by atoms with Gasteiger partial charge >= 0.3 is 0 Å². The molecule has 0 unspecified atom stereocenters. The molecule has 0 saturated carbocycles. The summed E-state index contributed by atoms with van der Waals surface area (Å²) < 4.78 is 5.33. The summed E-state index contributed by atoms with van der Waals surface area (Å²) in [5.41, 5.74) is 8.55. The lowest BCUT2D eigenvalue weighted by atomic mass is 10.1. The van der Waals surface area contributed by atoms with Gasteiger partial charge in [0.15, 0.2) is 0 Å². The van der Waals surface area contributed by atoms with Crippen LogP contribution in [0.25, 0.3) is 0 Å². The van der Waals surface area contributed by atoms with Gasteiger partial charge in [-0.05, 0) is 31.9 Å². The van der Waals surface area contributed by atoms with Gasteiger partial charge in [-0.15, -0.1) is 10.2 Å². The van der Waals surface area contributed by atoms with Crippen molar-refractivity contribution in [2.45, 2.75) is 32.0 Å². The van der Waals surface area contributed by atoms with Crippen LogP contribution in [-0.4, -0.2) is 21.9 Å². The molecule has 2 aromatic rings. The Morgan fingerprint density at radius 2 is 2.05 bits per heavy atom. The fourth-order valence-corrected chi connectivity index (χ4v) is 2.35. The zero-order valence-electron chi connectivity index (χ0n) is 12.2. The predicted molar refractivity (Wildman–Crippen MR) is 82.2 cm³/mol. The van der Waals surface area contributed by atoms with E-state index in [0.717, 1.165) is 16.8 Å². The molecule has 0 radical (unpaired) electrons. The van der Waals surface area contributed by atoms with E-state index in [1.807, 2.05) is 32.0 Å². The first-order valence-corrected chi connectivity index (χ1v) is 7.53. The number of carbonyl (C=O) groups excluding carboxylic acids is 1. The molecule has 2 rings (SSSR count). The van der Waals surface area contributed by atoms with Crippen LogP contribution in [0.3, 0.4) is 0 Å². The fourth-order valence-electron chi connectivity index (χ4n) is 1.78. The number of nitrogens with one attached hydrogen (secondary N) is 1. The van der Waals surface area contributed by atoms with Crippen LogP contribution in [-0.2, 0) is 4.79 Å². The Bertz CT molecular complexity index is 619. The minimum atomic E-state index is -0.310. The third kappa shape index (κ3) is 4.05. The van der Waals surface area contributed by atoms with E-state index in [1.165, 1.54) is 11.8 Å². The van der Waals surface area contributed by atoms with E-state index in [-0.39, 0.29) is 17.7 Å². The van der Waals surface area contributed by atoms with E-state index < -0.39 is 0 Å². The van der Waals surface area contributed by atoms with Crippen molar-refractivity contribution in [2.24, 2.45) is 5.73 Å². The van der Waals surface area contributed by atoms with Crippen LogP contribution in [0.5, 0.6) is 0 Å². The van der Waals surface area contributed by atoms with Crippen molar-refractivity contribution in [3.8, 4) is 0 Å². The normalized spacial score (nSPS) is 12.2. The van der Waals surface area contributed by atoms with Crippen molar-refractivity contribution in [1.82, 2.24) is 10.2 Å². The van der Waals surface area contributed by atoms with Crippen LogP contribution in [0.1, 0.15) is 30.0 Å². The monoisotopic (exact) mass is 306 g/mol. The topological polar surface area (TPSA) is 94.0 Å². The minimum Gasteiger partial charge on any atom is -0.414 e. The van der Waals surface area contributed by atoms with Crippen molar-refractivity contribution in [2.75, 3.05) is 11.1 Å². The van der Waals surface area contributed by atoms with Crippen LogP contribution < -0.4 is 11.1 Å². The number of thioether (sulfide) groups is 1. The minimum absolute atomic E-state index is 0.113. The number of amides is 1. The van der Waals surface area contributed by atoms with Gasteiger partial charge in [-0.25, -0.2) is 0 Å². The molecule has 112 valence electrons. The lowest BCUT2D eigenvalue weighted by Crippen LogP contribution is -2.15. The zero-order valence-corrected chi connectivity index (χ0v) is 13.0. The number of anilines is 1. The quantitative estimate of drug-likeness (QED) is 0.824. The second-order valence-electron chi connectivity index (χ2n) is 4.80. The van der Waals surface area contributed by atoms with Gasteiger partial charge in [0.05, 0.1) is 11.8 Å². The summed E-state index contributed by atoms with van der Waals surface area (Å²) in [6, 6.07) is 5.57. The summed E-state index contributed by atoms with van der Waals surface area (Å²) in [7, 11) is 0. The molecular formula is C14H18N4O2S. The van der Waals surface area contributed by atoms with Crippen molar-refractivity contribution >= 4 is 23.4 Å². The Balaban J connectivity index is 1.93. The first-order valence-electron chi connectivity index (χ1n) is 6.55. The molecule has 21 heavy (non-hydrogen) atoms. The van der Waals surface area contributed by atoms with Gasteiger partial charge in [0.2, 0.25) is 11.8 Å². The van der Waals surface area contributed by atoms with Crippen molar-refractivity contribution in [3.05, 3.63) is 35.2 Å². The maximum atomic E-state index is 12.0. The third-order valence-corrected chi connectivity index (χ3v) is 3.70. The molecule has 1 heterocycles. The van der Waals surface area contributed by atoms with Crippen molar-refractivity contribution in [1.29, 1.82) is 0 Å². The summed E-state index contributed by atoms with van der Waals surface area (Å²) in [5.74, 6) is 0.458. The standard InChI is InChI=1S/C14H18N4O2S/c1-8-5-4-6-9(2)12(8)16-11(19)7-21-14-18-17-13(20-14)10(3)15/h4-6,10H,7,15H2,1-3H3,(H,16,19)/t10-/m1/s1. The first kappa shape index (κ1) is 15.5. The SMILES string of the molecule is Cc1cccc(C)c1NC(=O)CSc1nnc([C@@H](C)N)o1. The highest BCUT2D eigenvalue weighted by molar-refractivity contribution is 7.99. The third-order valence-electron chi connectivity index (χ3n) is 2.88. The van der Waals surface area contributed by atoms with Crippen LogP contribution in [0.15, 0.2) is 27.8 Å². The number of hydrogen-bond acceptors (Lipinski definition) is 6. The summed E-state index contributed by atoms with van der Waals surface area (Å²) >= 11 is 1.19. The highest BCUT2D eigenvalue weighted by atomic mass is 32.2. The number of aromatic nitrogens is 2. The molecule has 0 aliphatic rings. The highest BCUT2D eigenvalue weighted by Gasteiger charge is 2.13. The average molecular weight is 306 g/mol. The average Bonchev–Trinajstić information content (AvgIpc) is 2.90. The molecule has 0 spiro atoms. The number of aryl methyl sites for hydroxylation is 2. The Kier molecular flexibility index (Phi) is 4.98. The number of benzene rings is 1. The number of para-hydroxylation sites is 1. The summed E-state index contributed by atoms with van der Waals surface area (Å²) in [4.78, 5) is 12.0. The predicted octanol–water partition coefficient (Wildman–Crippen LogP) is 2.44. The Labute approximate surface area is 127 Å². The molecule has 1 aromatic carbocycles. The Morgan fingerprint density at radius 3 is 2.62 bits per heavy atom. The molecule has 0 aliphatic carbocycles. The highest BCUT2D eigenvalue weighted by Crippen LogP contribution is 2.21. The molecule has 0 saturated heterocycles. The van der Waals surface area contributed by atoms with E-state index in [2.05, 4.69) is 15.5 Å². The first-order chi connectivity index (χ1) is 9.97. The van der Waals surface area contributed by atoms with Gasteiger partial charge < -0.3 is 15.5 Å². The molecule has 7 heteroatoms. The molecule has 1 aromatic heterocycles. The van der Waals surface area contributed by atoms with Crippen LogP contribution >= 0.6 is 11.8 Å². The molecule has 6 nitrogen and oxygen atoms in total. The summed E-state index contributed by atoms with van der Waals surface area (Å²) in [6.07, 6.45) is 0. The second kappa shape index (κ2) is 6.73. The van der Waals surface area contributed by atoms with Gasteiger partial charge in [0.25, 0.3) is 5.22 Å². The Morgan fingerprint density at radius 1 is 1.38 bits per heavy atom. The molecule has 0 bridgehead atoms. The fraction of sp³-hybridized carbons (Fsp3) is 0.357. The lowest BCUT2D eigenvalue weighted by Gasteiger charge is -2.10. The van der Waals surface area contributed by atoms with Gasteiger partial charge in [-0.1, -0.05) is 30.0 Å². The number of hydrogen-bond donors (Lipinski definition) is 2. The van der Waals surface area contributed by atoms with Gasteiger partial charge in [-0.2, -0.15) is 0 Å². The van der Waals surface area contributed by atoms with Crippen LogP contribution in [0.4, 0.5) is 5.69 Å². The van der Waals surface area contributed by atoms with Gasteiger partial charge in [0, 0.05) is 5.69 Å². The van der Waals surface area contributed by atoms with Crippen molar-refractivity contribution < 1.29 is 9.21 Å². The molecular weight excluding hydrogens is 288 g/mol. The molecule has 0 fully saturated rings. The molecule has 1 atom stereocenters. The summed E-state index contributed by atoms with van der Waals surface area (Å²) in [5, 5.41) is 10.9. The second-order valence-corrected chi connectivity index (χ2v) is 5.73. The number of rotatable bonds is 5. The van der Waals surface area contributed by atoms with Crippen LogP contribution in [0, 0.1) is 13.8 Å². The zero-order chi connectivity index (χ0) is 15.4. The number of nitrogens with zero attached hydrogens (tertiary/aromatic N) is 2. The van der Waals surface area contributed by atoms with E-state index in [9.17, 15) is 4.79 Å². The van der Waals surface area contributed by atoms with Gasteiger partial charge in [0.1, 0.15) is 0 Å². The number of carbonyl (C=O) groups is 1. The van der Waals surface area contributed by atoms with E-state index in [0.29, 0.717) is 11.1 Å². The van der Waals surface area contributed by atoms with E-state index in [4.69, 9.17) is 10.2 Å². The van der Waals surface area contributed by atoms with Gasteiger partial charge in [-0.3, -0.25) is 4.79 Å². The molecule has 0 aliphatic heterocycles. The molecule has 3 N–H and O–H groups in total. The smallest absolute Gasteiger partial charge is 0.277 e. The van der Waals surface area contributed by atoms with Crippen molar-refractivity contribution in [3.63, 3.8) is 0 Å². The lowest BCUT2D eigenvalue weighted by molar-refractivity contribution is -0.113. The largest absolute Gasteiger partial charge is 0.414 e. The van der Waals surface area contributed by atoms with E-state index in [1.54, 1.807) is 6.92 Å². The maximum Gasteiger partial charge on any atom is 0.277 e.